The number of aliphatic carboxylic acids is 1. The second-order valence-corrected chi connectivity index (χ2v) is 9.04. The van der Waals surface area contributed by atoms with E-state index in [-0.39, 0.29) is 12.5 Å². The summed E-state index contributed by atoms with van der Waals surface area (Å²) in [5, 5.41) is 18.0. The highest BCUT2D eigenvalue weighted by molar-refractivity contribution is 6.04. The third kappa shape index (κ3) is 5.28. The topological polar surface area (TPSA) is 120 Å². The standard InChI is InChI=1S/C28H30N4O4/c1-16-20(6-4-8-23(16)29-3)21-7-5-9-24(17(21)2)32-27(34)25-12-22(18-10-11-18)19(13-30-25)14-31-26(15-33)28(35)36/h4-9,12-13,15,18,26,29,31H,10-11,14H2,1-3H3,(H,32,34)(H,35,36). The van der Waals surface area contributed by atoms with Crippen LogP contribution in [0.4, 0.5) is 11.4 Å². The van der Waals surface area contributed by atoms with E-state index in [9.17, 15) is 14.4 Å². The van der Waals surface area contributed by atoms with E-state index in [0.29, 0.717) is 23.6 Å². The molecule has 8 heteroatoms. The van der Waals surface area contributed by atoms with E-state index in [4.69, 9.17) is 5.11 Å². The van der Waals surface area contributed by atoms with Crippen LogP contribution in [0.15, 0.2) is 48.7 Å². The van der Waals surface area contributed by atoms with Crippen LogP contribution in [0.2, 0.25) is 0 Å². The van der Waals surface area contributed by atoms with Crippen LogP contribution in [0.1, 0.15) is 51.5 Å². The number of carboxylic acids is 1. The Kier molecular flexibility index (Phi) is 7.45. The highest BCUT2D eigenvalue weighted by Gasteiger charge is 2.28. The van der Waals surface area contributed by atoms with Crippen molar-refractivity contribution in [1.29, 1.82) is 0 Å². The summed E-state index contributed by atoms with van der Waals surface area (Å²) in [5.41, 5.74) is 8.03. The second kappa shape index (κ2) is 10.7. The monoisotopic (exact) mass is 486 g/mol. The van der Waals surface area contributed by atoms with Gasteiger partial charge in [-0.3, -0.25) is 19.9 Å². The van der Waals surface area contributed by atoms with E-state index in [1.807, 2.05) is 44.3 Å². The predicted octanol–water partition coefficient (Wildman–Crippen LogP) is 4.28. The van der Waals surface area contributed by atoms with E-state index in [1.165, 1.54) is 0 Å². The average molecular weight is 487 g/mol. The van der Waals surface area contributed by atoms with Gasteiger partial charge in [-0.05, 0) is 84.2 Å². The van der Waals surface area contributed by atoms with E-state index in [2.05, 4.69) is 33.9 Å². The number of carboxylic acid groups (broad SMARTS) is 1. The molecular formula is C28H30N4O4. The Morgan fingerprint density at radius 2 is 1.72 bits per heavy atom. The SMILES string of the molecule is CNc1cccc(-c2cccc(NC(=O)c3cc(C4CC4)c(CNC(C=O)C(=O)O)cn3)c2C)c1C. The minimum Gasteiger partial charge on any atom is -0.480 e. The number of benzene rings is 2. The molecule has 0 spiro atoms. The molecule has 36 heavy (non-hydrogen) atoms. The van der Waals surface area contributed by atoms with E-state index >= 15 is 0 Å². The lowest BCUT2D eigenvalue weighted by Crippen LogP contribution is -2.37. The molecule has 0 aliphatic heterocycles. The van der Waals surface area contributed by atoms with Crippen LogP contribution < -0.4 is 16.0 Å². The first-order chi connectivity index (χ1) is 17.3. The molecular weight excluding hydrogens is 456 g/mol. The average Bonchev–Trinajstić information content (AvgIpc) is 3.71. The molecule has 1 aliphatic carbocycles. The lowest BCUT2D eigenvalue weighted by molar-refractivity contribution is -0.141. The molecule has 1 atom stereocenters. The number of pyridine rings is 1. The summed E-state index contributed by atoms with van der Waals surface area (Å²) in [6, 6.07) is 12.4. The summed E-state index contributed by atoms with van der Waals surface area (Å²) in [6.45, 7) is 4.24. The molecule has 2 aromatic carbocycles. The van der Waals surface area contributed by atoms with Gasteiger partial charge in [0.1, 0.15) is 12.0 Å². The summed E-state index contributed by atoms with van der Waals surface area (Å²) in [7, 11) is 1.90. The number of nitrogens with one attached hydrogen (secondary N) is 3. The molecule has 186 valence electrons. The molecule has 0 radical (unpaired) electrons. The van der Waals surface area contributed by atoms with Gasteiger partial charge in [0.05, 0.1) is 0 Å². The van der Waals surface area contributed by atoms with Crippen molar-refractivity contribution in [3.63, 3.8) is 0 Å². The van der Waals surface area contributed by atoms with Crippen molar-refractivity contribution in [2.75, 3.05) is 17.7 Å². The maximum Gasteiger partial charge on any atom is 0.328 e. The van der Waals surface area contributed by atoms with Crippen molar-refractivity contribution in [3.05, 3.63) is 76.6 Å². The molecule has 4 N–H and O–H groups in total. The molecule has 1 saturated carbocycles. The summed E-state index contributed by atoms with van der Waals surface area (Å²) >= 11 is 0. The van der Waals surface area contributed by atoms with Crippen molar-refractivity contribution in [1.82, 2.24) is 10.3 Å². The lowest BCUT2D eigenvalue weighted by atomic mass is 9.94. The minimum absolute atomic E-state index is 0.183. The largest absolute Gasteiger partial charge is 0.480 e. The third-order valence-corrected chi connectivity index (χ3v) is 6.66. The molecule has 1 aliphatic rings. The Hall–Kier alpha value is -4.04. The minimum atomic E-state index is -1.28. The summed E-state index contributed by atoms with van der Waals surface area (Å²) in [6.07, 6.45) is 3.96. The van der Waals surface area contributed by atoms with Crippen LogP contribution >= 0.6 is 0 Å². The first kappa shape index (κ1) is 25.1. The summed E-state index contributed by atoms with van der Waals surface area (Å²) in [4.78, 5) is 39.6. The number of carbonyl (C=O) groups excluding carboxylic acids is 2. The number of aromatic nitrogens is 1. The van der Waals surface area contributed by atoms with E-state index < -0.39 is 12.0 Å². The van der Waals surface area contributed by atoms with Crippen LogP contribution in [0.25, 0.3) is 11.1 Å². The predicted molar refractivity (Wildman–Crippen MR) is 139 cm³/mol. The maximum atomic E-state index is 13.2. The highest BCUT2D eigenvalue weighted by Crippen LogP contribution is 2.42. The van der Waals surface area contributed by atoms with Gasteiger partial charge in [0, 0.05) is 31.2 Å². The van der Waals surface area contributed by atoms with Crippen LogP contribution in [0.3, 0.4) is 0 Å². The molecule has 0 saturated heterocycles. The van der Waals surface area contributed by atoms with Crippen molar-refractivity contribution in [2.45, 2.75) is 45.2 Å². The molecule has 8 nitrogen and oxygen atoms in total. The zero-order chi connectivity index (χ0) is 25.8. The zero-order valence-corrected chi connectivity index (χ0v) is 20.6. The molecule has 1 unspecified atom stereocenters. The van der Waals surface area contributed by atoms with Crippen molar-refractivity contribution in [2.24, 2.45) is 0 Å². The summed E-state index contributed by atoms with van der Waals surface area (Å²) < 4.78 is 0. The van der Waals surface area contributed by atoms with E-state index in [0.717, 1.165) is 51.9 Å². The molecule has 1 amide bonds. The molecule has 1 fully saturated rings. The number of anilines is 2. The van der Waals surface area contributed by atoms with Crippen LogP contribution in [0.5, 0.6) is 0 Å². The van der Waals surface area contributed by atoms with Gasteiger partial charge in [0.25, 0.3) is 5.91 Å². The molecule has 1 heterocycles. The van der Waals surface area contributed by atoms with E-state index in [1.54, 1.807) is 12.3 Å². The van der Waals surface area contributed by atoms with Gasteiger partial charge in [-0.1, -0.05) is 24.3 Å². The molecule has 1 aromatic heterocycles. The fraction of sp³-hybridized carbons (Fsp3) is 0.286. The zero-order valence-electron chi connectivity index (χ0n) is 20.6. The lowest BCUT2D eigenvalue weighted by Gasteiger charge is -2.17. The number of hydrogen-bond acceptors (Lipinski definition) is 6. The van der Waals surface area contributed by atoms with Gasteiger partial charge < -0.3 is 20.5 Å². The maximum absolute atomic E-state index is 13.2. The molecule has 4 rings (SSSR count). The van der Waals surface area contributed by atoms with Crippen LogP contribution in [0, 0.1) is 13.8 Å². The van der Waals surface area contributed by atoms with Gasteiger partial charge in [-0.15, -0.1) is 0 Å². The molecule has 0 bridgehead atoms. The Balaban J connectivity index is 1.57. The number of rotatable bonds is 10. The van der Waals surface area contributed by atoms with Crippen molar-refractivity contribution >= 4 is 29.5 Å². The van der Waals surface area contributed by atoms with Gasteiger partial charge in [0.2, 0.25) is 0 Å². The fourth-order valence-corrected chi connectivity index (χ4v) is 4.41. The van der Waals surface area contributed by atoms with Crippen molar-refractivity contribution in [3.8, 4) is 11.1 Å². The van der Waals surface area contributed by atoms with Crippen molar-refractivity contribution < 1.29 is 19.5 Å². The molecule has 3 aromatic rings. The van der Waals surface area contributed by atoms with Crippen LogP contribution in [-0.2, 0) is 16.1 Å². The van der Waals surface area contributed by atoms with Gasteiger partial charge in [-0.2, -0.15) is 0 Å². The Morgan fingerprint density at radius 3 is 2.31 bits per heavy atom. The summed E-state index contributed by atoms with van der Waals surface area (Å²) in [5.74, 6) is -1.23. The first-order valence-electron chi connectivity index (χ1n) is 11.9. The number of nitrogens with zero attached hydrogens (tertiary/aromatic N) is 1. The highest BCUT2D eigenvalue weighted by atomic mass is 16.4. The van der Waals surface area contributed by atoms with Gasteiger partial charge in [0.15, 0.2) is 6.04 Å². The Labute approximate surface area is 210 Å². The quantitative estimate of drug-likeness (QED) is 0.249. The number of aldehydes is 1. The Bertz CT molecular complexity index is 1320. The first-order valence-corrected chi connectivity index (χ1v) is 11.9. The second-order valence-electron chi connectivity index (χ2n) is 9.04. The van der Waals surface area contributed by atoms with Gasteiger partial charge >= 0.3 is 5.97 Å². The smallest absolute Gasteiger partial charge is 0.328 e. The van der Waals surface area contributed by atoms with Gasteiger partial charge in [-0.25, -0.2) is 0 Å². The normalized spacial score (nSPS) is 13.6. The fourth-order valence-electron chi connectivity index (χ4n) is 4.41. The number of carbonyl (C=O) groups is 3. The third-order valence-electron chi connectivity index (χ3n) is 6.66. The Morgan fingerprint density at radius 1 is 1.08 bits per heavy atom. The number of hydrogen-bond donors (Lipinski definition) is 4. The number of amides is 1. The van der Waals surface area contributed by atoms with Crippen LogP contribution in [-0.4, -0.2) is 41.3 Å².